The highest BCUT2D eigenvalue weighted by atomic mass is 16.2. The van der Waals surface area contributed by atoms with E-state index in [-0.39, 0.29) is 5.91 Å². The Bertz CT molecular complexity index is 706. The van der Waals surface area contributed by atoms with Crippen LogP contribution in [-0.2, 0) is 13.0 Å². The predicted molar refractivity (Wildman–Crippen MR) is 85.2 cm³/mol. The molecule has 108 valence electrons. The number of benzene rings is 2. The zero-order valence-electron chi connectivity index (χ0n) is 12.5. The summed E-state index contributed by atoms with van der Waals surface area (Å²) in [7, 11) is 0. The lowest BCUT2D eigenvalue weighted by Gasteiger charge is -2.30. The Morgan fingerprint density at radius 1 is 1.19 bits per heavy atom. The number of aryl methyl sites for hydroxylation is 2. The van der Waals surface area contributed by atoms with E-state index in [2.05, 4.69) is 12.1 Å². The highest BCUT2D eigenvalue weighted by Gasteiger charge is 2.23. The molecule has 1 heterocycles. The van der Waals surface area contributed by atoms with Crippen LogP contribution in [0.25, 0.3) is 0 Å². The normalized spacial score (nSPS) is 13.9. The van der Waals surface area contributed by atoms with Gasteiger partial charge in [0.05, 0.1) is 0 Å². The van der Waals surface area contributed by atoms with Crippen molar-refractivity contribution in [2.45, 2.75) is 26.8 Å². The number of rotatable bonds is 1. The second-order valence-electron chi connectivity index (χ2n) is 5.78. The molecule has 0 aliphatic carbocycles. The summed E-state index contributed by atoms with van der Waals surface area (Å²) in [6.45, 7) is 5.39. The van der Waals surface area contributed by atoms with E-state index in [0.29, 0.717) is 6.54 Å². The minimum atomic E-state index is 0.0985. The van der Waals surface area contributed by atoms with Gasteiger partial charge < -0.3 is 10.6 Å². The van der Waals surface area contributed by atoms with Crippen molar-refractivity contribution in [1.82, 2.24) is 4.90 Å². The van der Waals surface area contributed by atoms with Crippen LogP contribution in [0.1, 0.15) is 32.6 Å². The van der Waals surface area contributed by atoms with Crippen LogP contribution in [-0.4, -0.2) is 17.4 Å². The van der Waals surface area contributed by atoms with E-state index in [1.54, 1.807) is 0 Å². The van der Waals surface area contributed by atoms with Gasteiger partial charge in [-0.1, -0.05) is 29.8 Å². The van der Waals surface area contributed by atoms with Crippen LogP contribution < -0.4 is 5.73 Å². The van der Waals surface area contributed by atoms with Crippen molar-refractivity contribution < 1.29 is 4.79 Å². The second kappa shape index (κ2) is 5.24. The summed E-state index contributed by atoms with van der Waals surface area (Å²) in [5.41, 5.74) is 12.2. The zero-order valence-corrected chi connectivity index (χ0v) is 12.5. The molecule has 0 unspecified atom stereocenters. The summed E-state index contributed by atoms with van der Waals surface area (Å²) in [5.74, 6) is 0.0985. The maximum atomic E-state index is 12.7. The lowest BCUT2D eigenvalue weighted by molar-refractivity contribution is 0.0734. The molecule has 2 N–H and O–H groups in total. The molecule has 1 aliphatic heterocycles. The molecule has 3 rings (SSSR count). The van der Waals surface area contributed by atoms with Crippen LogP contribution in [0.3, 0.4) is 0 Å². The Kier molecular flexibility index (Phi) is 3.42. The third kappa shape index (κ3) is 2.51. The Balaban J connectivity index is 1.89. The summed E-state index contributed by atoms with van der Waals surface area (Å²) in [6.07, 6.45) is 0.872. The van der Waals surface area contributed by atoms with Crippen LogP contribution in [0.5, 0.6) is 0 Å². The third-order valence-corrected chi connectivity index (χ3v) is 4.21. The van der Waals surface area contributed by atoms with Gasteiger partial charge in [0.25, 0.3) is 5.91 Å². The van der Waals surface area contributed by atoms with Crippen molar-refractivity contribution in [3.8, 4) is 0 Å². The van der Waals surface area contributed by atoms with E-state index in [1.165, 1.54) is 11.1 Å². The molecular weight excluding hydrogens is 260 g/mol. The first-order valence-corrected chi connectivity index (χ1v) is 7.29. The third-order valence-electron chi connectivity index (χ3n) is 4.21. The van der Waals surface area contributed by atoms with E-state index in [1.807, 2.05) is 43.0 Å². The van der Waals surface area contributed by atoms with Gasteiger partial charge in [-0.05, 0) is 49.1 Å². The monoisotopic (exact) mass is 280 g/mol. The van der Waals surface area contributed by atoms with Gasteiger partial charge in [0.15, 0.2) is 0 Å². The topological polar surface area (TPSA) is 46.3 Å². The number of hydrogen-bond acceptors (Lipinski definition) is 2. The first kappa shape index (κ1) is 13.7. The molecule has 0 fully saturated rings. The van der Waals surface area contributed by atoms with Gasteiger partial charge in [0.2, 0.25) is 0 Å². The average Bonchev–Trinajstić information content (AvgIpc) is 2.47. The molecule has 0 bridgehead atoms. The number of amides is 1. The molecule has 0 atom stereocenters. The summed E-state index contributed by atoms with van der Waals surface area (Å²) in [6, 6.07) is 12.0. The van der Waals surface area contributed by atoms with E-state index in [0.717, 1.165) is 35.3 Å². The molecular formula is C18H20N2O. The highest BCUT2D eigenvalue weighted by molar-refractivity contribution is 5.96. The predicted octanol–water partition coefficient (Wildman–Crippen LogP) is 3.08. The number of nitrogens with two attached hydrogens (primary N) is 1. The van der Waals surface area contributed by atoms with Crippen LogP contribution >= 0.6 is 0 Å². The van der Waals surface area contributed by atoms with Crippen LogP contribution in [0.2, 0.25) is 0 Å². The van der Waals surface area contributed by atoms with Crippen molar-refractivity contribution in [3.63, 3.8) is 0 Å². The lowest BCUT2D eigenvalue weighted by Crippen LogP contribution is -2.36. The van der Waals surface area contributed by atoms with Gasteiger partial charge >= 0.3 is 0 Å². The largest absolute Gasteiger partial charge is 0.398 e. The number of nitrogen functional groups attached to an aromatic ring is 1. The molecule has 2 aromatic carbocycles. The van der Waals surface area contributed by atoms with Crippen molar-refractivity contribution in [2.75, 3.05) is 12.3 Å². The average molecular weight is 280 g/mol. The van der Waals surface area contributed by atoms with Gasteiger partial charge in [0, 0.05) is 24.3 Å². The molecule has 0 aromatic heterocycles. The fourth-order valence-corrected chi connectivity index (χ4v) is 3.00. The maximum Gasteiger partial charge on any atom is 0.254 e. The second-order valence-corrected chi connectivity index (χ2v) is 5.78. The number of carbonyl (C=O) groups is 1. The molecule has 3 nitrogen and oxygen atoms in total. The van der Waals surface area contributed by atoms with Crippen LogP contribution in [0, 0.1) is 13.8 Å². The summed E-state index contributed by atoms with van der Waals surface area (Å²) in [5, 5.41) is 0. The van der Waals surface area contributed by atoms with E-state index in [4.69, 9.17) is 5.73 Å². The van der Waals surface area contributed by atoms with Crippen LogP contribution in [0.15, 0.2) is 36.4 Å². The van der Waals surface area contributed by atoms with Crippen molar-refractivity contribution in [3.05, 3.63) is 64.2 Å². The van der Waals surface area contributed by atoms with Crippen molar-refractivity contribution >= 4 is 11.6 Å². The van der Waals surface area contributed by atoms with Crippen LogP contribution in [0.4, 0.5) is 5.69 Å². The number of anilines is 1. The summed E-state index contributed by atoms with van der Waals surface area (Å²) >= 11 is 0. The van der Waals surface area contributed by atoms with Crippen molar-refractivity contribution in [1.29, 1.82) is 0 Å². The summed E-state index contributed by atoms with van der Waals surface area (Å²) < 4.78 is 0. The fourth-order valence-electron chi connectivity index (χ4n) is 3.00. The molecule has 0 saturated heterocycles. The van der Waals surface area contributed by atoms with E-state index in [9.17, 15) is 4.79 Å². The van der Waals surface area contributed by atoms with Gasteiger partial charge in [-0.3, -0.25) is 4.79 Å². The summed E-state index contributed by atoms with van der Waals surface area (Å²) in [4.78, 5) is 14.6. The van der Waals surface area contributed by atoms with E-state index < -0.39 is 0 Å². The SMILES string of the molecule is Cc1ccc(C(=O)N2CCc3cccc(N)c3C2)c(C)c1. The maximum absolute atomic E-state index is 12.7. The zero-order chi connectivity index (χ0) is 15.0. The number of hydrogen-bond donors (Lipinski definition) is 1. The number of fused-ring (bicyclic) bond motifs is 1. The van der Waals surface area contributed by atoms with Gasteiger partial charge in [-0.25, -0.2) is 0 Å². The fraction of sp³-hybridized carbons (Fsp3) is 0.278. The minimum absolute atomic E-state index is 0.0985. The smallest absolute Gasteiger partial charge is 0.254 e. The quantitative estimate of drug-likeness (QED) is 0.816. The van der Waals surface area contributed by atoms with Gasteiger partial charge in [0.1, 0.15) is 0 Å². The molecule has 0 saturated carbocycles. The lowest BCUT2D eigenvalue weighted by atomic mass is 9.97. The molecule has 2 aromatic rings. The molecule has 3 heteroatoms. The minimum Gasteiger partial charge on any atom is -0.398 e. The Morgan fingerprint density at radius 2 is 2.00 bits per heavy atom. The number of nitrogens with zero attached hydrogens (tertiary/aromatic N) is 1. The van der Waals surface area contributed by atoms with Gasteiger partial charge in [-0.2, -0.15) is 0 Å². The Hall–Kier alpha value is -2.29. The molecule has 1 aliphatic rings. The first-order chi connectivity index (χ1) is 10.1. The highest BCUT2D eigenvalue weighted by Crippen LogP contribution is 2.25. The molecule has 0 radical (unpaired) electrons. The van der Waals surface area contributed by atoms with E-state index >= 15 is 0 Å². The first-order valence-electron chi connectivity index (χ1n) is 7.29. The van der Waals surface area contributed by atoms with Gasteiger partial charge in [-0.15, -0.1) is 0 Å². The Labute approximate surface area is 125 Å². The number of carbonyl (C=O) groups excluding carboxylic acids is 1. The standard InChI is InChI=1S/C18H20N2O/c1-12-6-7-15(13(2)10-12)18(21)20-9-8-14-4-3-5-17(19)16(14)11-20/h3-7,10H,8-9,11,19H2,1-2H3. The van der Waals surface area contributed by atoms with Crippen molar-refractivity contribution in [2.24, 2.45) is 0 Å². The molecule has 0 spiro atoms. The molecule has 21 heavy (non-hydrogen) atoms. The molecule has 1 amide bonds. The Morgan fingerprint density at radius 3 is 2.76 bits per heavy atom.